The SMILES string of the molecule is Cc1cc(C)c2c(c1)Cc1c(n[nH]c1C(F)(F)F)-c1nc(-c3ccc(F)cc3F)cn1-2. The zero-order chi connectivity index (χ0) is 22.1. The second kappa shape index (κ2) is 6.50. The largest absolute Gasteiger partial charge is 0.433 e. The smallest absolute Gasteiger partial charge is 0.297 e. The molecule has 1 N–H and O–H groups in total. The van der Waals surface area contributed by atoms with Crippen LogP contribution in [-0.4, -0.2) is 19.7 Å². The Morgan fingerprint density at radius 3 is 2.55 bits per heavy atom. The normalized spacial score (nSPS) is 12.9. The van der Waals surface area contributed by atoms with Gasteiger partial charge in [-0.25, -0.2) is 13.8 Å². The molecule has 2 aromatic carbocycles. The van der Waals surface area contributed by atoms with Crippen molar-refractivity contribution in [2.45, 2.75) is 26.4 Å². The lowest BCUT2D eigenvalue weighted by Gasteiger charge is -2.14. The van der Waals surface area contributed by atoms with Gasteiger partial charge in [-0.15, -0.1) is 0 Å². The molecule has 0 atom stereocenters. The minimum absolute atomic E-state index is 0.0160. The molecule has 0 aliphatic carbocycles. The van der Waals surface area contributed by atoms with Crippen LogP contribution in [0.25, 0.3) is 28.5 Å². The standard InChI is InChI=1S/C22H15F5N4/c1-10-5-11(2)19-12(6-10)7-15-18(29-30-20(15)22(25,26)27)21-28-17(9-31(19)21)14-4-3-13(23)8-16(14)24/h3-6,8-9H,7H2,1-2H3,(H,29,30). The number of alkyl halides is 3. The highest BCUT2D eigenvalue weighted by atomic mass is 19.4. The number of rotatable bonds is 1. The van der Waals surface area contributed by atoms with Crippen LogP contribution >= 0.6 is 0 Å². The third-order valence-electron chi connectivity index (χ3n) is 5.41. The lowest BCUT2D eigenvalue weighted by atomic mass is 9.97. The van der Waals surface area contributed by atoms with Crippen LogP contribution in [0.3, 0.4) is 0 Å². The van der Waals surface area contributed by atoms with E-state index in [9.17, 15) is 22.0 Å². The van der Waals surface area contributed by atoms with E-state index >= 15 is 0 Å². The Labute approximate surface area is 173 Å². The quantitative estimate of drug-likeness (QED) is 0.345. The second-order valence-corrected chi connectivity index (χ2v) is 7.63. The van der Waals surface area contributed by atoms with Crippen LogP contribution in [0.5, 0.6) is 0 Å². The fourth-order valence-electron chi connectivity index (χ4n) is 4.22. The van der Waals surface area contributed by atoms with Gasteiger partial charge in [-0.1, -0.05) is 17.7 Å². The van der Waals surface area contributed by atoms with Gasteiger partial charge < -0.3 is 0 Å². The van der Waals surface area contributed by atoms with E-state index in [1.807, 2.05) is 26.0 Å². The number of benzene rings is 2. The molecule has 1 aliphatic heterocycles. The van der Waals surface area contributed by atoms with Gasteiger partial charge in [0, 0.05) is 29.8 Å². The predicted molar refractivity (Wildman–Crippen MR) is 104 cm³/mol. The molecule has 0 saturated carbocycles. The third-order valence-corrected chi connectivity index (χ3v) is 5.41. The number of hydrogen-bond acceptors (Lipinski definition) is 2. The fourth-order valence-corrected chi connectivity index (χ4v) is 4.22. The molecule has 0 amide bonds. The van der Waals surface area contributed by atoms with Gasteiger partial charge in [0.05, 0.1) is 11.4 Å². The molecule has 4 nitrogen and oxygen atoms in total. The Kier molecular flexibility index (Phi) is 4.08. The first-order valence-corrected chi connectivity index (χ1v) is 9.43. The van der Waals surface area contributed by atoms with E-state index in [4.69, 9.17) is 0 Å². The van der Waals surface area contributed by atoms with Crippen molar-refractivity contribution in [1.29, 1.82) is 0 Å². The summed E-state index contributed by atoms with van der Waals surface area (Å²) in [6.07, 6.45) is -3.06. The molecule has 158 valence electrons. The van der Waals surface area contributed by atoms with E-state index in [1.165, 1.54) is 6.07 Å². The molecular weight excluding hydrogens is 415 g/mol. The summed E-state index contributed by atoms with van der Waals surface area (Å²) in [5.74, 6) is -1.39. The lowest BCUT2D eigenvalue weighted by Crippen LogP contribution is -2.09. The highest BCUT2D eigenvalue weighted by Crippen LogP contribution is 2.41. The van der Waals surface area contributed by atoms with Crippen LogP contribution < -0.4 is 0 Å². The summed E-state index contributed by atoms with van der Waals surface area (Å²) >= 11 is 0. The Bertz CT molecular complexity index is 1350. The van der Waals surface area contributed by atoms with Crippen molar-refractivity contribution in [2.24, 2.45) is 0 Å². The van der Waals surface area contributed by atoms with Gasteiger partial charge in [0.1, 0.15) is 23.0 Å². The number of aryl methyl sites for hydroxylation is 2. The molecule has 9 heteroatoms. The highest BCUT2D eigenvalue weighted by Gasteiger charge is 2.39. The summed E-state index contributed by atoms with van der Waals surface area (Å²) in [6, 6.07) is 6.84. The number of H-pyrrole nitrogens is 1. The van der Waals surface area contributed by atoms with Crippen LogP contribution in [0.15, 0.2) is 36.5 Å². The first kappa shape index (κ1) is 19.5. The van der Waals surface area contributed by atoms with Gasteiger partial charge in [0.15, 0.2) is 5.82 Å². The first-order chi connectivity index (χ1) is 14.6. The molecule has 0 radical (unpaired) electrons. The third kappa shape index (κ3) is 3.03. The highest BCUT2D eigenvalue weighted by molar-refractivity contribution is 5.72. The van der Waals surface area contributed by atoms with Crippen molar-refractivity contribution in [3.05, 3.63) is 76.1 Å². The van der Waals surface area contributed by atoms with Gasteiger partial charge in [-0.3, -0.25) is 9.67 Å². The van der Waals surface area contributed by atoms with Crippen LogP contribution in [0, 0.1) is 25.5 Å². The molecule has 0 fully saturated rings. The summed E-state index contributed by atoms with van der Waals surface area (Å²) in [6.45, 7) is 3.72. The summed E-state index contributed by atoms with van der Waals surface area (Å²) in [5, 5.41) is 6.02. The van der Waals surface area contributed by atoms with E-state index in [0.717, 1.165) is 23.3 Å². The van der Waals surface area contributed by atoms with Crippen LogP contribution in [0.2, 0.25) is 0 Å². The van der Waals surface area contributed by atoms with Crippen LogP contribution in [0.4, 0.5) is 22.0 Å². The molecule has 5 rings (SSSR count). The lowest BCUT2D eigenvalue weighted by molar-refractivity contribution is -0.141. The second-order valence-electron chi connectivity index (χ2n) is 7.63. The summed E-state index contributed by atoms with van der Waals surface area (Å²) in [7, 11) is 0. The molecule has 31 heavy (non-hydrogen) atoms. The number of aromatic nitrogens is 4. The Morgan fingerprint density at radius 2 is 1.84 bits per heavy atom. The molecule has 2 aromatic heterocycles. The number of aromatic amines is 1. The Hall–Kier alpha value is -3.49. The Balaban J connectivity index is 1.83. The topological polar surface area (TPSA) is 46.5 Å². The van der Waals surface area contributed by atoms with Crippen molar-refractivity contribution >= 4 is 0 Å². The van der Waals surface area contributed by atoms with E-state index in [2.05, 4.69) is 15.2 Å². The zero-order valence-corrected chi connectivity index (χ0v) is 16.4. The average molecular weight is 430 g/mol. The van der Waals surface area contributed by atoms with E-state index in [0.29, 0.717) is 11.3 Å². The molecule has 4 aromatic rings. The van der Waals surface area contributed by atoms with Crippen molar-refractivity contribution in [1.82, 2.24) is 19.7 Å². The van der Waals surface area contributed by atoms with Gasteiger partial charge in [-0.2, -0.15) is 18.3 Å². The summed E-state index contributed by atoms with van der Waals surface area (Å²) in [5.41, 5.74) is 2.40. The maximum absolute atomic E-state index is 14.4. The first-order valence-electron chi connectivity index (χ1n) is 9.43. The van der Waals surface area contributed by atoms with Gasteiger partial charge in [-0.05, 0) is 37.1 Å². The predicted octanol–water partition coefficient (Wildman–Crippen LogP) is 5.75. The van der Waals surface area contributed by atoms with Gasteiger partial charge in [0.25, 0.3) is 0 Å². The molecule has 0 spiro atoms. The zero-order valence-electron chi connectivity index (χ0n) is 16.4. The minimum atomic E-state index is -4.62. The molecular formula is C22H15F5N4. The molecule has 3 heterocycles. The molecule has 0 saturated heterocycles. The van der Waals surface area contributed by atoms with Gasteiger partial charge in [0.2, 0.25) is 0 Å². The van der Waals surface area contributed by atoms with Crippen molar-refractivity contribution in [3.8, 4) is 28.5 Å². The molecule has 1 aliphatic rings. The number of fused-ring (bicyclic) bond motifs is 5. The monoisotopic (exact) mass is 430 g/mol. The van der Waals surface area contributed by atoms with E-state index in [1.54, 1.807) is 10.8 Å². The van der Waals surface area contributed by atoms with Crippen LogP contribution in [0.1, 0.15) is 27.9 Å². The fraction of sp³-hybridized carbons (Fsp3) is 0.182. The van der Waals surface area contributed by atoms with E-state index in [-0.39, 0.29) is 34.8 Å². The van der Waals surface area contributed by atoms with Gasteiger partial charge >= 0.3 is 6.18 Å². The number of nitrogens with one attached hydrogen (secondary N) is 1. The van der Waals surface area contributed by atoms with Crippen molar-refractivity contribution in [3.63, 3.8) is 0 Å². The minimum Gasteiger partial charge on any atom is -0.297 e. The average Bonchev–Trinajstić information content (AvgIpc) is 3.23. The van der Waals surface area contributed by atoms with Crippen LogP contribution in [-0.2, 0) is 12.6 Å². The van der Waals surface area contributed by atoms with Crippen molar-refractivity contribution in [2.75, 3.05) is 0 Å². The summed E-state index contributed by atoms with van der Waals surface area (Å²) in [4.78, 5) is 4.42. The maximum atomic E-state index is 14.4. The number of nitrogens with zero attached hydrogens (tertiary/aromatic N) is 3. The van der Waals surface area contributed by atoms with E-state index < -0.39 is 23.5 Å². The molecule has 0 bridgehead atoms. The summed E-state index contributed by atoms with van der Waals surface area (Å²) < 4.78 is 70.3. The maximum Gasteiger partial charge on any atom is 0.433 e. The number of hydrogen-bond donors (Lipinski definition) is 1. The molecule has 0 unspecified atom stereocenters. The Morgan fingerprint density at radius 1 is 1.06 bits per heavy atom. The number of halogens is 5. The number of imidazole rings is 1. The van der Waals surface area contributed by atoms with Crippen molar-refractivity contribution < 1.29 is 22.0 Å².